The van der Waals surface area contributed by atoms with Gasteiger partial charge in [0.2, 0.25) is 0 Å². The first-order valence-corrected chi connectivity index (χ1v) is 9.08. The SMILES string of the molecule is O=C(N[C@@H]1CCN(CC2CC2)C1)N1CCCC[C@@H]1c1cn[nH]c1. The molecule has 0 aromatic carbocycles. The summed E-state index contributed by atoms with van der Waals surface area (Å²) in [5.41, 5.74) is 1.13. The summed E-state index contributed by atoms with van der Waals surface area (Å²) in [5.74, 6) is 0.928. The maximum Gasteiger partial charge on any atom is 0.318 e. The van der Waals surface area contributed by atoms with Gasteiger partial charge < -0.3 is 15.1 Å². The Balaban J connectivity index is 1.34. The number of nitrogens with zero attached hydrogens (tertiary/aromatic N) is 3. The van der Waals surface area contributed by atoms with Gasteiger partial charge in [-0.25, -0.2) is 4.79 Å². The van der Waals surface area contributed by atoms with Gasteiger partial charge in [-0.05, 0) is 44.4 Å². The summed E-state index contributed by atoms with van der Waals surface area (Å²) in [6.45, 7) is 4.23. The summed E-state index contributed by atoms with van der Waals surface area (Å²) in [4.78, 5) is 17.3. The zero-order valence-electron chi connectivity index (χ0n) is 13.7. The Morgan fingerprint density at radius 3 is 2.96 bits per heavy atom. The first-order valence-electron chi connectivity index (χ1n) is 9.08. The minimum Gasteiger partial charge on any atom is -0.334 e. The molecule has 6 heteroatoms. The average Bonchev–Trinajstić information content (AvgIpc) is 3.03. The molecule has 2 atom stereocenters. The van der Waals surface area contributed by atoms with Crippen molar-refractivity contribution in [1.82, 2.24) is 25.3 Å². The second-order valence-electron chi connectivity index (χ2n) is 7.37. The van der Waals surface area contributed by atoms with Crippen LogP contribution in [-0.2, 0) is 0 Å². The largest absolute Gasteiger partial charge is 0.334 e. The minimum absolute atomic E-state index is 0.106. The summed E-state index contributed by atoms with van der Waals surface area (Å²) >= 11 is 0. The number of amides is 2. The topological polar surface area (TPSA) is 64.3 Å². The van der Waals surface area contributed by atoms with Crippen LogP contribution in [0.25, 0.3) is 0 Å². The van der Waals surface area contributed by atoms with E-state index in [9.17, 15) is 4.79 Å². The van der Waals surface area contributed by atoms with E-state index in [0.29, 0.717) is 6.04 Å². The number of carbonyl (C=O) groups excluding carboxylic acids is 1. The number of rotatable bonds is 4. The van der Waals surface area contributed by atoms with Crippen LogP contribution in [0, 0.1) is 5.92 Å². The summed E-state index contributed by atoms with van der Waals surface area (Å²) in [7, 11) is 0. The Labute approximate surface area is 137 Å². The van der Waals surface area contributed by atoms with Crippen molar-refractivity contribution >= 4 is 6.03 Å². The fourth-order valence-electron chi connectivity index (χ4n) is 4.00. The fraction of sp³-hybridized carbons (Fsp3) is 0.765. The number of urea groups is 1. The highest BCUT2D eigenvalue weighted by Gasteiger charge is 2.33. The summed E-state index contributed by atoms with van der Waals surface area (Å²) in [5, 5.41) is 10.2. The maximum absolute atomic E-state index is 12.8. The number of H-pyrrole nitrogens is 1. The number of piperidine rings is 1. The highest BCUT2D eigenvalue weighted by Crippen LogP contribution is 2.32. The van der Waals surface area contributed by atoms with Crippen LogP contribution < -0.4 is 5.32 Å². The standard InChI is InChI=1S/C17H27N5O/c23-17(20-15-6-8-21(12-15)11-13-4-5-13)22-7-2-1-3-16(22)14-9-18-19-10-14/h9-10,13,15-16H,1-8,11-12H2,(H,18,19)(H,20,23)/t15-,16-/m1/s1. The van der Waals surface area contributed by atoms with Gasteiger partial charge in [0.15, 0.2) is 0 Å². The van der Waals surface area contributed by atoms with Gasteiger partial charge in [-0.1, -0.05) is 0 Å². The lowest BCUT2D eigenvalue weighted by atomic mass is 9.98. The molecule has 0 unspecified atom stereocenters. The van der Waals surface area contributed by atoms with Crippen LogP contribution in [-0.4, -0.2) is 58.2 Å². The molecule has 1 saturated carbocycles. The van der Waals surface area contributed by atoms with E-state index in [1.807, 2.05) is 17.3 Å². The molecule has 2 aliphatic heterocycles. The van der Waals surface area contributed by atoms with Gasteiger partial charge in [0.25, 0.3) is 0 Å². The lowest BCUT2D eigenvalue weighted by molar-refractivity contribution is 0.148. The van der Waals surface area contributed by atoms with Crippen LogP contribution in [0.2, 0.25) is 0 Å². The Morgan fingerprint density at radius 1 is 1.26 bits per heavy atom. The molecule has 4 rings (SSSR count). The van der Waals surface area contributed by atoms with E-state index in [4.69, 9.17) is 0 Å². The van der Waals surface area contributed by atoms with E-state index in [2.05, 4.69) is 20.4 Å². The lowest BCUT2D eigenvalue weighted by Crippen LogP contribution is -2.48. The Hall–Kier alpha value is -1.56. The summed E-state index contributed by atoms with van der Waals surface area (Å²) < 4.78 is 0. The first-order chi connectivity index (χ1) is 11.3. The highest BCUT2D eigenvalue weighted by molar-refractivity contribution is 5.75. The smallest absolute Gasteiger partial charge is 0.318 e. The highest BCUT2D eigenvalue weighted by atomic mass is 16.2. The van der Waals surface area contributed by atoms with Gasteiger partial charge in [-0.2, -0.15) is 5.10 Å². The Morgan fingerprint density at radius 2 is 2.17 bits per heavy atom. The van der Waals surface area contributed by atoms with Crippen LogP contribution in [0.15, 0.2) is 12.4 Å². The molecule has 1 aromatic heterocycles. The van der Waals surface area contributed by atoms with E-state index < -0.39 is 0 Å². The monoisotopic (exact) mass is 317 g/mol. The van der Waals surface area contributed by atoms with Crippen LogP contribution in [0.1, 0.15) is 50.1 Å². The van der Waals surface area contributed by atoms with Crippen molar-refractivity contribution in [1.29, 1.82) is 0 Å². The van der Waals surface area contributed by atoms with Gasteiger partial charge in [0.05, 0.1) is 12.2 Å². The van der Waals surface area contributed by atoms with E-state index in [1.165, 1.54) is 25.8 Å². The molecule has 3 aliphatic rings. The molecule has 0 spiro atoms. The molecular formula is C17H27N5O. The van der Waals surface area contributed by atoms with Gasteiger partial charge in [-0.3, -0.25) is 5.10 Å². The summed E-state index contributed by atoms with van der Waals surface area (Å²) in [6, 6.07) is 0.591. The number of hydrogen-bond acceptors (Lipinski definition) is 3. The van der Waals surface area contributed by atoms with Crippen molar-refractivity contribution < 1.29 is 4.79 Å². The molecule has 6 nitrogen and oxygen atoms in total. The van der Waals surface area contributed by atoms with Crippen molar-refractivity contribution in [3.05, 3.63) is 18.0 Å². The van der Waals surface area contributed by atoms with Crippen LogP contribution in [0.5, 0.6) is 0 Å². The third-order valence-corrected chi connectivity index (χ3v) is 5.48. The molecule has 2 amide bonds. The van der Waals surface area contributed by atoms with Gasteiger partial charge >= 0.3 is 6.03 Å². The van der Waals surface area contributed by atoms with Crippen molar-refractivity contribution in [2.75, 3.05) is 26.2 Å². The second kappa shape index (κ2) is 6.51. The normalized spacial score (nSPS) is 29.0. The van der Waals surface area contributed by atoms with Gasteiger partial charge in [-0.15, -0.1) is 0 Å². The molecule has 1 aliphatic carbocycles. The van der Waals surface area contributed by atoms with Gasteiger partial charge in [0.1, 0.15) is 0 Å². The molecule has 126 valence electrons. The molecular weight excluding hydrogens is 290 g/mol. The molecule has 0 radical (unpaired) electrons. The number of carbonyl (C=O) groups is 1. The van der Waals surface area contributed by atoms with Crippen LogP contribution in [0.3, 0.4) is 0 Å². The van der Waals surface area contributed by atoms with E-state index >= 15 is 0 Å². The fourth-order valence-corrected chi connectivity index (χ4v) is 4.00. The lowest BCUT2D eigenvalue weighted by Gasteiger charge is -2.36. The predicted octanol–water partition coefficient (Wildman–Crippen LogP) is 2.13. The molecule has 3 heterocycles. The van der Waals surface area contributed by atoms with E-state index in [-0.39, 0.29) is 12.1 Å². The zero-order valence-corrected chi connectivity index (χ0v) is 13.7. The zero-order chi connectivity index (χ0) is 15.6. The minimum atomic E-state index is 0.106. The summed E-state index contributed by atoms with van der Waals surface area (Å²) in [6.07, 6.45) is 11.0. The first kappa shape index (κ1) is 15.0. The molecule has 2 N–H and O–H groups in total. The molecule has 2 saturated heterocycles. The Kier molecular flexibility index (Phi) is 4.25. The molecule has 3 fully saturated rings. The van der Waals surface area contributed by atoms with Crippen molar-refractivity contribution in [2.45, 2.75) is 50.6 Å². The molecule has 23 heavy (non-hydrogen) atoms. The number of nitrogens with one attached hydrogen (secondary N) is 2. The van der Waals surface area contributed by atoms with E-state index in [0.717, 1.165) is 50.4 Å². The maximum atomic E-state index is 12.8. The third-order valence-electron chi connectivity index (χ3n) is 5.48. The van der Waals surface area contributed by atoms with Crippen LogP contribution >= 0.6 is 0 Å². The number of aromatic nitrogens is 2. The predicted molar refractivity (Wildman–Crippen MR) is 88.0 cm³/mol. The average molecular weight is 317 g/mol. The quantitative estimate of drug-likeness (QED) is 0.894. The van der Waals surface area contributed by atoms with Crippen LogP contribution in [0.4, 0.5) is 4.79 Å². The van der Waals surface area contributed by atoms with Gasteiger partial charge in [0, 0.05) is 44.0 Å². The third kappa shape index (κ3) is 3.52. The van der Waals surface area contributed by atoms with E-state index in [1.54, 1.807) is 0 Å². The van der Waals surface area contributed by atoms with Crippen molar-refractivity contribution in [2.24, 2.45) is 5.92 Å². The second-order valence-corrected chi connectivity index (χ2v) is 7.37. The number of hydrogen-bond donors (Lipinski definition) is 2. The molecule has 1 aromatic rings. The number of aromatic amines is 1. The Bertz CT molecular complexity index is 527. The molecule has 0 bridgehead atoms. The van der Waals surface area contributed by atoms with Crippen molar-refractivity contribution in [3.8, 4) is 0 Å². The van der Waals surface area contributed by atoms with Crippen molar-refractivity contribution in [3.63, 3.8) is 0 Å². The number of likely N-dealkylation sites (tertiary alicyclic amines) is 2.